The van der Waals surface area contributed by atoms with E-state index in [1.54, 1.807) is 37.3 Å². The minimum atomic E-state index is -0.404. The lowest BCUT2D eigenvalue weighted by Crippen LogP contribution is -2.13. The number of amides is 1. The molecule has 0 heterocycles. The molecule has 0 fully saturated rings. The van der Waals surface area contributed by atoms with Gasteiger partial charge in [0, 0.05) is 11.3 Å². The zero-order valence-corrected chi connectivity index (χ0v) is 13.8. The van der Waals surface area contributed by atoms with Gasteiger partial charge in [0.15, 0.2) is 11.5 Å². The number of hydrogen-bond acceptors (Lipinski definition) is 3. The van der Waals surface area contributed by atoms with Crippen LogP contribution in [-0.4, -0.2) is 19.1 Å². The van der Waals surface area contributed by atoms with Crippen molar-refractivity contribution in [1.29, 1.82) is 0 Å². The molecule has 0 unspecified atom stereocenters. The van der Waals surface area contributed by atoms with E-state index in [4.69, 9.17) is 9.47 Å². The number of anilines is 1. The zero-order chi connectivity index (χ0) is 17.5. The van der Waals surface area contributed by atoms with Crippen molar-refractivity contribution in [3.8, 4) is 11.5 Å². The second kappa shape index (κ2) is 8.15. The van der Waals surface area contributed by atoms with Crippen LogP contribution in [0.15, 0.2) is 49.1 Å². The second-order valence-corrected chi connectivity index (χ2v) is 5.11. The highest BCUT2D eigenvalue weighted by molar-refractivity contribution is 6.05. The summed E-state index contributed by atoms with van der Waals surface area (Å²) in [7, 11) is 0. The molecule has 2 aromatic carbocycles. The van der Waals surface area contributed by atoms with Gasteiger partial charge in [-0.15, -0.1) is 0 Å². The van der Waals surface area contributed by atoms with E-state index in [1.165, 1.54) is 12.1 Å². The first kappa shape index (κ1) is 17.5. The van der Waals surface area contributed by atoms with Crippen molar-refractivity contribution in [2.75, 3.05) is 18.5 Å². The maximum absolute atomic E-state index is 13.3. The van der Waals surface area contributed by atoms with Gasteiger partial charge in [0.1, 0.15) is 12.4 Å². The van der Waals surface area contributed by atoms with E-state index in [2.05, 4.69) is 11.9 Å². The van der Waals surface area contributed by atoms with E-state index in [0.29, 0.717) is 36.0 Å². The van der Waals surface area contributed by atoms with E-state index >= 15 is 0 Å². The Morgan fingerprint density at radius 1 is 1.21 bits per heavy atom. The number of carbonyl (C=O) groups excluding carboxylic acids is 1. The van der Waals surface area contributed by atoms with Crippen molar-refractivity contribution < 1.29 is 18.7 Å². The zero-order valence-electron chi connectivity index (χ0n) is 13.8. The van der Waals surface area contributed by atoms with Crippen molar-refractivity contribution >= 4 is 11.6 Å². The molecule has 0 aliphatic heterocycles. The fourth-order valence-electron chi connectivity index (χ4n) is 2.11. The van der Waals surface area contributed by atoms with Gasteiger partial charge in [0.05, 0.1) is 6.61 Å². The first-order valence-electron chi connectivity index (χ1n) is 7.63. The van der Waals surface area contributed by atoms with Gasteiger partial charge in [-0.05, 0) is 49.7 Å². The Balaban J connectivity index is 2.23. The summed E-state index contributed by atoms with van der Waals surface area (Å²) in [6.07, 6.45) is 1.63. The Morgan fingerprint density at radius 3 is 2.71 bits per heavy atom. The molecule has 4 nitrogen and oxygen atoms in total. The molecule has 126 valence electrons. The largest absolute Gasteiger partial charge is 0.490 e. The van der Waals surface area contributed by atoms with Gasteiger partial charge in [-0.1, -0.05) is 18.7 Å². The fourth-order valence-corrected chi connectivity index (χ4v) is 2.11. The van der Waals surface area contributed by atoms with Crippen LogP contribution in [0.3, 0.4) is 0 Å². The predicted molar refractivity (Wildman–Crippen MR) is 92.4 cm³/mol. The van der Waals surface area contributed by atoms with Crippen molar-refractivity contribution in [1.82, 2.24) is 0 Å². The minimum Gasteiger partial charge on any atom is -0.490 e. The Bertz CT molecular complexity index is 743. The maximum atomic E-state index is 13.3. The van der Waals surface area contributed by atoms with Crippen LogP contribution in [0.25, 0.3) is 0 Å². The van der Waals surface area contributed by atoms with Crippen LogP contribution in [0.2, 0.25) is 0 Å². The predicted octanol–water partition coefficient (Wildman–Crippen LogP) is 4.35. The number of rotatable bonds is 7. The molecule has 1 amide bonds. The first-order chi connectivity index (χ1) is 11.5. The third kappa shape index (κ3) is 4.35. The van der Waals surface area contributed by atoms with Crippen LogP contribution in [0.5, 0.6) is 11.5 Å². The number of ether oxygens (including phenoxy) is 2. The highest BCUT2D eigenvalue weighted by atomic mass is 19.1. The average Bonchev–Trinajstić information content (AvgIpc) is 2.57. The lowest BCUT2D eigenvalue weighted by molar-refractivity contribution is 0.102. The van der Waals surface area contributed by atoms with Crippen LogP contribution < -0.4 is 14.8 Å². The second-order valence-electron chi connectivity index (χ2n) is 5.11. The van der Waals surface area contributed by atoms with Gasteiger partial charge in [-0.3, -0.25) is 4.79 Å². The standard InChI is InChI=1S/C19H20FNO3/c1-4-10-24-17-9-7-14(11-18(17)23-5-2)19(22)21-16-12-15(20)8-6-13(16)3/h4,6-9,11-12H,1,5,10H2,2-3H3,(H,21,22). The van der Waals surface area contributed by atoms with E-state index in [9.17, 15) is 9.18 Å². The quantitative estimate of drug-likeness (QED) is 0.768. The van der Waals surface area contributed by atoms with Crippen molar-refractivity contribution in [2.45, 2.75) is 13.8 Å². The number of hydrogen-bond donors (Lipinski definition) is 1. The molecule has 0 atom stereocenters. The topological polar surface area (TPSA) is 47.6 Å². The fraction of sp³-hybridized carbons (Fsp3) is 0.211. The smallest absolute Gasteiger partial charge is 0.255 e. The van der Waals surface area contributed by atoms with Crippen LogP contribution in [-0.2, 0) is 0 Å². The molecule has 5 heteroatoms. The summed E-state index contributed by atoms with van der Waals surface area (Å²) >= 11 is 0. The number of benzene rings is 2. The Kier molecular flexibility index (Phi) is 5.95. The molecule has 2 aromatic rings. The highest BCUT2D eigenvalue weighted by Gasteiger charge is 2.13. The van der Waals surface area contributed by atoms with E-state index in [1.807, 2.05) is 6.92 Å². The van der Waals surface area contributed by atoms with Crippen molar-refractivity contribution in [3.05, 3.63) is 66.0 Å². The summed E-state index contributed by atoms with van der Waals surface area (Å²) in [5.74, 6) is 0.261. The number of aryl methyl sites for hydroxylation is 1. The molecule has 2 rings (SSSR count). The summed E-state index contributed by atoms with van der Waals surface area (Å²) in [4.78, 5) is 12.4. The van der Waals surface area contributed by atoms with Gasteiger partial charge in [-0.25, -0.2) is 4.39 Å². The van der Waals surface area contributed by atoms with Gasteiger partial charge in [-0.2, -0.15) is 0 Å². The van der Waals surface area contributed by atoms with Gasteiger partial charge < -0.3 is 14.8 Å². The van der Waals surface area contributed by atoms with Crippen LogP contribution in [0.4, 0.5) is 10.1 Å². The van der Waals surface area contributed by atoms with E-state index < -0.39 is 5.82 Å². The molecule has 0 bridgehead atoms. The number of halogens is 1. The monoisotopic (exact) mass is 329 g/mol. The number of nitrogens with one attached hydrogen (secondary N) is 1. The lowest BCUT2D eigenvalue weighted by Gasteiger charge is -2.13. The minimum absolute atomic E-state index is 0.341. The molecule has 0 saturated carbocycles. The third-order valence-corrected chi connectivity index (χ3v) is 3.31. The van der Waals surface area contributed by atoms with Crippen molar-refractivity contribution in [2.24, 2.45) is 0 Å². The molecule has 24 heavy (non-hydrogen) atoms. The summed E-state index contributed by atoms with van der Waals surface area (Å²) < 4.78 is 24.4. The van der Waals surface area contributed by atoms with Crippen LogP contribution >= 0.6 is 0 Å². The maximum Gasteiger partial charge on any atom is 0.255 e. The third-order valence-electron chi connectivity index (χ3n) is 3.31. The van der Waals surface area contributed by atoms with E-state index in [-0.39, 0.29) is 5.91 Å². The average molecular weight is 329 g/mol. The SMILES string of the molecule is C=CCOc1ccc(C(=O)Nc2cc(F)ccc2C)cc1OCC. The van der Waals surface area contributed by atoms with E-state index in [0.717, 1.165) is 5.56 Å². The van der Waals surface area contributed by atoms with Gasteiger partial charge in [0.25, 0.3) is 5.91 Å². The Hall–Kier alpha value is -2.82. The van der Waals surface area contributed by atoms with Crippen LogP contribution in [0, 0.1) is 12.7 Å². The molecular formula is C19H20FNO3. The summed E-state index contributed by atoms with van der Waals surface area (Å²) in [6.45, 7) is 8.03. The molecule has 0 aliphatic rings. The molecule has 0 spiro atoms. The van der Waals surface area contributed by atoms with Gasteiger partial charge in [0.2, 0.25) is 0 Å². The van der Waals surface area contributed by atoms with Gasteiger partial charge >= 0.3 is 0 Å². The summed E-state index contributed by atoms with van der Waals surface area (Å²) in [6, 6.07) is 9.16. The first-order valence-corrected chi connectivity index (χ1v) is 7.63. The van der Waals surface area contributed by atoms with Crippen molar-refractivity contribution in [3.63, 3.8) is 0 Å². The normalized spacial score (nSPS) is 10.1. The molecule has 0 aromatic heterocycles. The Morgan fingerprint density at radius 2 is 2.00 bits per heavy atom. The molecular weight excluding hydrogens is 309 g/mol. The molecule has 0 saturated heterocycles. The van der Waals surface area contributed by atoms with Crippen LogP contribution in [0.1, 0.15) is 22.8 Å². The number of carbonyl (C=O) groups is 1. The molecule has 1 N–H and O–H groups in total. The molecule has 0 aliphatic carbocycles. The summed E-state index contributed by atoms with van der Waals surface area (Å²) in [5.41, 5.74) is 1.61. The Labute approximate surface area is 140 Å². The highest BCUT2D eigenvalue weighted by Crippen LogP contribution is 2.29. The molecule has 0 radical (unpaired) electrons. The lowest BCUT2D eigenvalue weighted by atomic mass is 10.1. The summed E-state index contributed by atoms with van der Waals surface area (Å²) in [5, 5.41) is 2.71.